The van der Waals surface area contributed by atoms with E-state index in [1.54, 1.807) is 4.90 Å². The molecular weight excluding hydrogens is 432 g/mol. The summed E-state index contributed by atoms with van der Waals surface area (Å²) in [5, 5.41) is 2.95. The van der Waals surface area contributed by atoms with Gasteiger partial charge in [0.2, 0.25) is 5.91 Å². The molecule has 1 aromatic carbocycles. The van der Waals surface area contributed by atoms with E-state index in [-0.39, 0.29) is 36.2 Å². The number of nitrogens with one attached hydrogen (secondary N) is 1. The summed E-state index contributed by atoms with van der Waals surface area (Å²) in [5.74, 6) is -0.272. The molecule has 2 amide bonds. The molecule has 4 rings (SSSR count). The first kappa shape index (κ1) is 24.7. The quantitative estimate of drug-likeness (QED) is 0.625. The summed E-state index contributed by atoms with van der Waals surface area (Å²) >= 11 is 0. The molecule has 1 N–H and O–H groups in total. The predicted molar refractivity (Wildman–Crippen MR) is 131 cm³/mol. The number of likely N-dealkylation sites (tertiary alicyclic amines) is 1. The molecule has 8 nitrogen and oxygen atoms in total. The molecule has 0 bridgehead atoms. The van der Waals surface area contributed by atoms with E-state index in [1.807, 2.05) is 38.1 Å². The molecule has 0 saturated carbocycles. The van der Waals surface area contributed by atoms with Crippen molar-refractivity contribution in [3.8, 4) is 0 Å². The van der Waals surface area contributed by atoms with Crippen LogP contribution in [-0.2, 0) is 14.3 Å². The topological polar surface area (TPSA) is 82.2 Å². The number of anilines is 1. The number of ether oxygens (including phenoxy) is 1. The van der Waals surface area contributed by atoms with Crippen molar-refractivity contribution in [3.63, 3.8) is 0 Å². The van der Waals surface area contributed by atoms with Gasteiger partial charge in [0.05, 0.1) is 6.10 Å². The summed E-state index contributed by atoms with van der Waals surface area (Å²) in [6.45, 7) is 12.0. The van der Waals surface area contributed by atoms with Crippen LogP contribution < -0.4 is 10.2 Å². The highest BCUT2D eigenvalue weighted by molar-refractivity contribution is 5.99. The summed E-state index contributed by atoms with van der Waals surface area (Å²) in [7, 11) is 0. The smallest absolute Gasteiger partial charge is 0.251 e. The third kappa shape index (κ3) is 5.44. The number of hydrogen-bond acceptors (Lipinski definition) is 6. The van der Waals surface area contributed by atoms with E-state index >= 15 is 0 Å². The van der Waals surface area contributed by atoms with E-state index in [2.05, 4.69) is 22.0 Å². The molecule has 186 valence electrons. The number of nitrogens with zero attached hydrogens (tertiary/aromatic N) is 3. The van der Waals surface area contributed by atoms with Crippen LogP contribution in [0.4, 0.5) is 5.69 Å². The fraction of sp³-hybridized carbons (Fsp3) is 0.654. The lowest BCUT2D eigenvalue weighted by molar-refractivity contribution is -0.138. The number of piperazine rings is 1. The first-order valence-electron chi connectivity index (χ1n) is 12.7. The van der Waals surface area contributed by atoms with Gasteiger partial charge in [0, 0.05) is 44.0 Å². The predicted octanol–water partition coefficient (Wildman–Crippen LogP) is 1.93. The van der Waals surface area contributed by atoms with Crippen molar-refractivity contribution in [3.05, 3.63) is 29.8 Å². The Kier molecular flexibility index (Phi) is 7.88. The van der Waals surface area contributed by atoms with Gasteiger partial charge in [0.1, 0.15) is 18.7 Å². The monoisotopic (exact) mass is 470 g/mol. The second kappa shape index (κ2) is 10.9. The molecule has 3 aliphatic heterocycles. The zero-order valence-electron chi connectivity index (χ0n) is 20.7. The molecular formula is C26H38N4O4. The molecule has 3 fully saturated rings. The van der Waals surface area contributed by atoms with Gasteiger partial charge in [-0.25, -0.2) is 0 Å². The van der Waals surface area contributed by atoms with E-state index in [0.717, 1.165) is 38.4 Å². The summed E-state index contributed by atoms with van der Waals surface area (Å²) in [6.07, 6.45) is 2.16. The fourth-order valence-electron chi connectivity index (χ4n) is 5.35. The number of benzene rings is 1. The Labute approximate surface area is 202 Å². The van der Waals surface area contributed by atoms with E-state index in [9.17, 15) is 14.4 Å². The third-order valence-corrected chi connectivity index (χ3v) is 7.11. The summed E-state index contributed by atoms with van der Waals surface area (Å²) < 4.78 is 5.52. The second-order valence-electron chi connectivity index (χ2n) is 10.1. The van der Waals surface area contributed by atoms with Crippen LogP contribution in [0.15, 0.2) is 24.3 Å². The van der Waals surface area contributed by atoms with Gasteiger partial charge in [-0.15, -0.1) is 0 Å². The normalized spacial score (nSPS) is 23.9. The van der Waals surface area contributed by atoms with Crippen molar-refractivity contribution in [2.75, 3.05) is 50.8 Å². The molecule has 8 heteroatoms. The Morgan fingerprint density at radius 3 is 2.44 bits per heavy atom. The first-order valence-corrected chi connectivity index (χ1v) is 12.7. The minimum atomic E-state index is -0.661. The molecule has 1 aromatic rings. The molecule has 34 heavy (non-hydrogen) atoms. The molecule has 0 aliphatic carbocycles. The maximum atomic E-state index is 13.4. The highest BCUT2D eigenvalue weighted by atomic mass is 16.5. The Hall–Kier alpha value is -2.45. The number of Topliss-reactive ketones (excluding diaryl/α,β-unsaturated/α-hetero) is 1. The number of hydrogen-bond donors (Lipinski definition) is 1. The lowest BCUT2D eigenvalue weighted by Gasteiger charge is -2.36. The van der Waals surface area contributed by atoms with Gasteiger partial charge in [0.25, 0.3) is 5.91 Å². The maximum Gasteiger partial charge on any atom is 0.251 e. The van der Waals surface area contributed by atoms with Crippen LogP contribution in [-0.4, -0.2) is 91.5 Å². The van der Waals surface area contributed by atoms with E-state index in [1.165, 1.54) is 6.42 Å². The number of rotatable bonds is 8. The average molecular weight is 471 g/mol. The zero-order chi connectivity index (χ0) is 24.2. The SMILES string of the molecule is CCCN1CCN(c2ccc(C(=O)N[C@@H](CC(C)C)C(=O)N3CC[C@H]4OCC(=O)[C@H]43)cc2)CC1. The van der Waals surface area contributed by atoms with Crippen LogP contribution >= 0.6 is 0 Å². The summed E-state index contributed by atoms with van der Waals surface area (Å²) in [4.78, 5) is 45.1. The number of fused-ring (bicyclic) bond motifs is 1. The minimum absolute atomic E-state index is 0.0448. The number of amides is 2. The van der Waals surface area contributed by atoms with Gasteiger partial charge in [0.15, 0.2) is 5.78 Å². The van der Waals surface area contributed by atoms with E-state index in [0.29, 0.717) is 24.9 Å². The molecule has 3 aliphatic rings. The first-order chi connectivity index (χ1) is 16.4. The van der Waals surface area contributed by atoms with Crippen molar-refractivity contribution in [1.82, 2.24) is 15.1 Å². The van der Waals surface area contributed by atoms with Gasteiger partial charge >= 0.3 is 0 Å². The minimum Gasteiger partial charge on any atom is -0.369 e. The van der Waals surface area contributed by atoms with Crippen molar-refractivity contribution in [2.24, 2.45) is 5.92 Å². The van der Waals surface area contributed by atoms with Gasteiger partial charge in [-0.2, -0.15) is 0 Å². The Morgan fingerprint density at radius 2 is 1.79 bits per heavy atom. The molecule has 0 aromatic heterocycles. The van der Waals surface area contributed by atoms with Gasteiger partial charge in [-0.3, -0.25) is 19.3 Å². The molecule has 3 saturated heterocycles. The largest absolute Gasteiger partial charge is 0.369 e. The number of carbonyl (C=O) groups excluding carboxylic acids is 3. The van der Waals surface area contributed by atoms with Crippen LogP contribution in [0.1, 0.15) is 50.4 Å². The van der Waals surface area contributed by atoms with E-state index < -0.39 is 12.1 Å². The van der Waals surface area contributed by atoms with Crippen LogP contribution in [0.2, 0.25) is 0 Å². The van der Waals surface area contributed by atoms with Crippen molar-refractivity contribution in [1.29, 1.82) is 0 Å². The highest BCUT2D eigenvalue weighted by Gasteiger charge is 2.48. The van der Waals surface area contributed by atoms with Crippen molar-refractivity contribution < 1.29 is 19.1 Å². The fourth-order valence-corrected chi connectivity index (χ4v) is 5.35. The van der Waals surface area contributed by atoms with Crippen LogP contribution in [0.5, 0.6) is 0 Å². The molecule has 0 radical (unpaired) electrons. The van der Waals surface area contributed by atoms with Gasteiger partial charge in [-0.05, 0) is 56.0 Å². The Bertz CT molecular complexity index is 879. The lowest BCUT2D eigenvalue weighted by atomic mass is 10.0. The molecule has 0 spiro atoms. The van der Waals surface area contributed by atoms with Gasteiger partial charge < -0.3 is 19.9 Å². The number of ketones is 1. The Morgan fingerprint density at radius 1 is 1.09 bits per heavy atom. The third-order valence-electron chi connectivity index (χ3n) is 7.11. The van der Waals surface area contributed by atoms with Crippen LogP contribution in [0.3, 0.4) is 0 Å². The highest BCUT2D eigenvalue weighted by Crippen LogP contribution is 2.28. The zero-order valence-corrected chi connectivity index (χ0v) is 20.7. The molecule has 3 heterocycles. The summed E-state index contributed by atoms with van der Waals surface area (Å²) in [6, 6.07) is 6.48. The van der Waals surface area contributed by atoms with E-state index in [4.69, 9.17) is 4.74 Å². The van der Waals surface area contributed by atoms with Gasteiger partial charge in [-0.1, -0.05) is 20.8 Å². The standard InChI is InChI=1S/C26H38N4O4/c1-4-10-28-12-14-29(15-13-28)20-7-5-19(6-8-20)25(32)27-21(16-18(2)3)26(33)30-11-9-23-24(30)22(31)17-34-23/h5-8,18,21,23-24H,4,9-17H2,1-3H3,(H,27,32)/t21-,23+,24+/m0/s1. The molecule has 0 unspecified atom stereocenters. The average Bonchev–Trinajstić information content (AvgIpc) is 3.42. The summed E-state index contributed by atoms with van der Waals surface area (Å²) in [5.41, 5.74) is 1.65. The maximum absolute atomic E-state index is 13.4. The second-order valence-corrected chi connectivity index (χ2v) is 10.1. The Balaban J connectivity index is 1.39. The molecule has 3 atom stereocenters. The van der Waals surface area contributed by atoms with Crippen LogP contribution in [0.25, 0.3) is 0 Å². The van der Waals surface area contributed by atoms with Crippen molar-refractivity contribution in [2.45, 2.75) is 58.2 Å². The lowest BCUT2D eigenvalue weighted by Crippen LogP contribution is -2.52. The number of carbonyl (C=O) groups is 3. The van der Waals surface area contributed by atoms with Crippen molar-refractivity contribution >= 4 is 23.3 Å². The van der Waals surface area contributed by atoms with Crippen LogP contribution in [0, 0.1) is 5.92 Å².